The number of hydrogen-bond acceptors (Lipinski definition) is 3. The lowest BCUT2D eigenvalue weighted by Gasteiger charge is -2.11. The minimum Gasteiger partial charge on any atom is -0.308 e. The molecule has 0 fully saturated rings. The largest absolute Gasteiger partial charge is 0.308 e. The monoisotopic (exact) mass is 276 g/mol. The molecule has 0 radical (unpaired) electrons. The van der Waals surface area contributed by atoms with Crippen molar-refractivity contribution in [3.05, 3.63) is 34.9 Å². The Morgan fingerprint density at radius 1 is 1.35 bits per heavy atom. The molecule has 1 aromatic carbocycles. The van der Waals surface area contributed by atoms with Gasteiger partial charge in [-0.2, -0.15) is 0 Å². The molecule has 1 N–H and O–H groups in total. The van der Waals surface area contributed by atoms with Crippen LogP contribution in [0.5, 0.6) is 0 Å². The van der Waals surface area contributed by atoms with Crippen LogP contribution in [0.1, 0.15) is 5.56 Å². The van der Waals surface area contributed by atoms with E-state index in [9.17, 15) is 8.42 Å². The van der Waals surface area contributed by atoms with Crippen LogP contribution >= 0.6 is 11.6 Å². The quantitative estimate of drug-likeness (QED) is 0.853. The highest BCUT2D eigenvalue weighted by atomic mass is 35.5. The van der Waals surface area contributed by atoms with E-state index in [4.69, 9.17) is 11.6 Å². The maximum Gasteiger partial charge on any atom is 0.215 e. The molecule has 1 aromatic rings. The van der Waals surface area contributed by atoms with Crippen LogP contribution in [0.3, 0.4) is 0 Å². The first-order valence-corrected chi connectivity index (χ1v) is 7.28. The predicted octanol–water partition coefficient (Wildman–Crippen LogP) is 1.32. The SMILES string of the molecule is CN(C)CCNS(=O)(=O)Cc1cccc(Cl)c1. The molecule has 0 saturated carbocycles. The third-order valence-electron chi connectivity index (χ3n) is 2.13. The van der Waals surface area contributed by atoms with Crippen molar-refractivity contribution in [3.8, 4) is 0 Å². The highest BCUT2D eigenvalue weighted by molar-refractivity contribution is 7.88. The average molecular weight is 277 g/mol. The summed E-state index contributed by atoms with van der Waals surface area (Å²) in [7, 11) is 0.506. The normalized spacial score (nSPS) is 12.0. The summed E-state index contributed by atoms with van der Waals surface area (Å²) in [5.74, 6) is -0.0407. The van der Waals surface area contributed by atoms with Gasteiger partial charge in [-0.15, -0.1) is 0 Å². The van der Waals surface area contributed by atoms with Gasteiger partial charge in [0.2, 0.25) is 10.0 Å². The highest BCUT2D eigenvalue weighted by Crippen LogP contribution is 2.12. The lowest BCUT2D eigenvalue weighted by Crippen LogP contribution is -2.32. The summed E-state index contributed by atoms with van der Waals surface area (Å²) < 4.78 is 26.0. The van der Waals surface area contributed by atoms with Gasteiger partial charge < -0.3 is 4.90 Å². The Bertz CT molecular complexity index is 460. The van der Waals surface area contributed by atoms with Crippen molar-refractivity contribution in [1.82, 2.24) is 9.62 Å². The topological polar surface area (TPSA) is 49.4 Å². The number of likely N-dealkylation sites (N-methyl/N-ethyl adjacent to an activating group) is 1. The molecule has 1 rings (SSSR count). The van der Waals surface area contributed by atoms with Gasteiger partial charge >= 0.3 is 0 Å². The summed E-state index contributed by atoms with van der Waals surface area (Å²) >= 11 is 5.80. The maximum atomic E-state index is 11.7. The van der Waals surface area contributed by atoms with Crippen LogP contribution < -0.4 is 4.72 Å². The molecule has 0 aliphatic carbocycles. The van der Waals surface area contributed by atoms with Gasteiger partial charge in [-0.05, 0) is 31.8 Å². The number of nitrogens with one attached hydrogen (secondary N) is 1. The van der Waals surface area contributed by atoms with E-state index >= 15 is 0 Å². The van der Waals surface area contributed by atoms with E-state index in [2.05, 4.69) is 4.72 Å². The molecule has 0 unspecified atom stereocenters. The second-order valence-corrected chi connectivity index (χ2v) is 6.33. The lowest BCUT2D eigenvalue weighted by molar-refractivity contribution is 0.412. The maximum absolute atomic E-state index is 11.7. The van der Waals surface area contributed by atoms with Gasteiger partial charge in [0.25, 0.3) is 0 Å². The third-order valence-corrected chi connectivity index (χ3v) is 3.72. The molecule has 0 atom stereocenters. The van der Waals surface area contributed by atoms with Crippen molar-refractivity contribution in [2.45, 2.75) is 5.75 Å². The number of hydrogen-bond donors (Lipinski definition) is 1. The Kier molecular flexibility index (Phi) is 5.39. The first-order chi connectivity index (χ1) is 7.89. The van der Waals surface area contributed by atoms with Crippen LogP contribution in [-0.2, 0) is 15.8 Å². The van der Waals surface area contributed by atoms with Crippen molar-refractivity contribution >= 4 is 21.6 Å². The van der Waals surface area contributed by atoms with E-state index in [-0.39, 0.29) is 5.75 Å². The molecular weight excluding hydrogens is 260 g/mol. The molecule has 0 aromatic heterocycles. The first-order valence-electron chi connectivity index (χ1n) is 5.25. The Balaban J connectivity index is 2.55. The zero-order valence-corrected chi connectivity index (χ0v) is 11.6. The predicted molar refractivity (Wildman–Crippen MR) is 70.6 cm³/mol. The molecule has 17 heavy (non-hydrogen) atoms. The van der Waals surface area contributed by atoms with Crippen molar-refractivity contribution in [2.24, 2.45) is 0 Å². The number of nitrogens with zero attached hydrogens (tertiary/aromatic N) is 1. The van der Waals surface area contributed by atoms with Crippen molar-refractivity contribution in [1.29, 1.82) is 0 Å². The van der Waals surface area contributed by atoms with Crippen LogP contribution in [0.25, 0.3) is 0 Å². The molecule has 0 spiro atoms. The summed E-state index contributed by atoms with van der Waals surface area (Å²) in [5.41, 5.74) is 0.690. The smallest absolute Gasteiger partial charge is 0.215 e. The summed E-state index contributed by atoms with van der Waals surface area (Å²) in [6, 6.07) is 6.87. The summed E-state index contributed by atoms with van der Waals surface area (Å²) in [5, 5.41) is 0.547. The Morgan fingerprint density at radius 3 is 2.65 bits per heavy atom. The van der Waals surface area contributed by atoms with E-state index in [0.29, 0.717) is 23.7 Å². The molecule has 0 saturated heterocycles. The number of halogens is 1. The van der Waals surface area contributed by atoms with Crippen molar-refractivity contribution in [3.63, 3.8) is 0 Å². The standard InChI is InChI=1S/C11H17ClN2O2S/c1-14(2)7-6-13-17(15,16)9-10-4-3-5-11(12)8-10/h3-5,8,13H,6-7,9H2,1-2H3. The molecule has 0 aliphatic heterocycles. The minimum atomic E-state index is -3.28. The van der Waals surface area contributed by atoms with E-state index in [1.54, 1.807) is 24.3 Å². The molecule has 6 heteroatoms. The highest BCUT2D eigenvalue weighted by Gasteiger charge is 2.10. The molecule has 0 aliphatic rings. The molecule has 4 nitrogen and oxygen atoms in total. The van der Waals surface area contributed by atoms with Gasteiger partial charge in [0.1, 0.15) is 0 Å². The molecule has 0 heterocycles. The van der Waals surface area contributed by atoms with Gasteiger partial charge in [-0.25, -0.2) is 13.1 Å². The minimum absolute atomic E-state index is 0.0407. The van der Waals surface area contributed by atoms with Crippen molar-refractivity contribution in [2.75, 3.05) is 27.2 Å². The third kappa shape index (κ3) is 6.02. The molecule has 96 valence electrons. The van der Waals surface area contributed by atoms with Gasteiger partial charge in [-0.3, -0.25) is 0 Å². The summed E-state index contributed by atoms with van der Waals surface area (Å²) in [4.78, 5) is 1.92. The first kappa shape index (κ1) is 14.4. The second-order valence-electron chi connectivity index (χ2n) is 4.09. The van der Waals surface area contributed by atoms with Crippen LogP contribution in [0.2, 0.25) is 5.02 Å². The van der Waals surface area contributed by atoms with E-state index in [1.807, 2.05) is 19.0 Å². The van der Waals surface area contributed by atoms with Crippen LogP contribution in [0.15, 0.2) is 24.3 Å². The fourth-order valence-electron chi connectivity index (χ4n) is 1.32. The fraction of sp³-hybridized carbons (Fsp3) is 0.455. The zero-order chi connectivity index (χ0) is 12.9. The zero-order valence-electron chi connectivity index (χ0n) is 9.98. The molecular formula is C11H17ClN2O2S. The van der Waals surface area contributed by atoms with E-state index < -0.39 is 10.0 Å². The Morgan fingerprint density at radius 2 is 2.06 bits per heavy atom. The molecule has 0 amide bonds. The van der Waals surface area contributed by atoms with Crippen LogP contribution in [-0.4, -0.2) is 40.5 Å². The fourth-order valence-corrected chi connectivity index (χ4v) is 2.66. The van der Waals surface area contributed by atoms with Crippen LogP contribution in [0, 0.1) is 0 Å². The van der Waals surface area contributed by atoms with E-state index in [1.165, 1.54) is 0 Å². The van der Waals surface area contributed by atoms with Gasteiger partial charge in [0.15, 0.2) is 0 Å². The van der Waals surface area contributed by atoms with Gasteiger partial charge in [0, 0.05) is 18.1 Å². The molecule has 0 bridgehead atoms. The van der Waals surface area contributed by atoms with Crippen LogP contribution in [0.4, 0.5) is 0 Å². The lowest BCUT2D eigenvalue weighted by atomic mass is 10.2. The van der Waals surface area contributed by atoms with E-state index in [0.717, 1.165) is 0 Å². The second kappa shape index (κ2) is 6.35. The van der Waals surface area contributed by atoms with Crippen molar-refractivity contribution < 1.29 is 8.42 Å². The summed E-state index contributed by atoms with van der Waals surface area (Å²) in [6.07, 6.45) is 0. The number of rotatable bonds is 6. The Hall–Kier alpha value is -0.620. The van der Waals surface area contributed by atoms with Gasteiger partial charge in [-0.1, -0.05) is 23.7 Å². The number of benzene rings is 1. The average Bonchev–Trinajstić information content (AvgIpc) is 2.15. The summed E-state index contributed by atoms with van der Waals surface area (Å²) in [6.45, 7) is 1.09. The Labute approximate surface area is 108 Å². The van der Waals surface area contributed by atoms with Gasteiger partial charge in [0.05, 0.1) is 5.75 Å². The number of sulfonamides is 1.